The molecule has 2 heteroatoms. The quantitative estimate of drug-likeness (QED) is 0.147. The minimum atomic E-state index is -0.558. The molecule has 2 aliphatic rings. The molecule has 1 heterocycles. The molecule has 14 rings (SSSR count). The van der Waals surface area contributed by atoms with Gasteiger partial charge in [0, 0.05) is 37.1 Å². The number of thiophene rings is 1. The highest BCUT2D eigenvalue weighted by molar-refractivity contribution is 7.25. The highest BCUT2D eigenvalue weighted by atomic mass is 32.1. The van der Waals surface area contributed by atoms with E-state index in [4.69, 9.17) is 0 Å². The largest absolute Gasteiger partial charge is 0.310 e. The van der Waals surface area contributed by atoms with Crippen molar-refractivity contribution < 1.29 is 0 Å². The Hall–Kier alpha value is -8.56. The van der Waals surface area contributed by atoms with Crippen LogP contribution in [0, 0.1) is 0 Å². The van der Waals surface area contributed by atoms with Crippen LogP contribution in [0.1, 0.15) is 44.5 Å². The summed E-state index contributed by atoms with van der Waals surface area (Å²) < 4.78 is 2.62. The third-order valence-corrected chi connectivity index (χ3v) is 16.4. The maximum absolute atomic E-state index is 2.55. The van der Waals surface area contributed by atoms with Crippen molar-refractivity contribution >= 4 is 48.6 Å². The average Bonchev–Trinajstić information content (AvgIpc) is 4.07. The Labute approximate surface area is 412 Å². The van der Waals surface area contributed by atoms with Crippen LogP contribution in [-0.4, -0.2) is 0 Å². The molecule has 0 atom stereocenters. The monoisotopic (exact) mass is 907 g/mol. The van der Waals surface area contributed by atoms with Crippen LogP contribution >= 0.6 is 11.3 Å². The highest BCUT2D eigenvalue weighted by Crippen LogP contribution is 2.61. The van der Waals surface area contributed by atoms with Crippen LogP contribution in [0.4, 0.5) is 17.1 Å². The van der Waals surface area contributed by atoms with Gasteiger partial charge >= 0.3 is 0 Å². The summed E-state index contributed by atoms with van der Waals surface area (Å²) in [5.74, 6) is 0. The summed E-state index contributed by atoms with van der Waals surface area (Å²) in [5, 5.41) is 2.60. The van der Waals surface area contributed by atoms with Crippen molar-refractivity contribution in [3.05, 3.63) is 317 Å². The van der Waals surface area contributed by atoms with Crippen LogP contribution < -0.4 is 4.90 Å². The lowest BCUT2D eigenvalue weighted by atomic mass is 9.67. The lowest BCUT2D eigenvalue weighted by molar-refractivity contribution is 0.768. The van der Waals surface area contributed by atoms with Crippen LogP contribution in [0.5, 0.6) is 0 Å². The van der Waals surface area contributed by atoms with Gasteiger partial charge in [-0.2, -0.15) is 0 Å². The number of fused-ring (bicyclic) bond motifs is 9. The Morgan fingerprint density at radius 3 is 1.44 bits per heavy atom. The zero-order chi connectivity index (χ0) is 46.2. The van der Waals surface area contributed by atoms with Gasteiger partial charge in [0.15, 0.2) is 0 Å². The third-order valence-electron chi connectivity index (χ3n) is 15.2. The molecule has 0 fully saturated rings. The fourth-order valence-corrected chi connectivity index (χ4v) is 13.5. The van der Waals surface area contributed by atoms with E-state index in [2.05, 4.69) is 278 Å². The van der Waals surface area contributed by atoms with E-state index in [-0.39, 0.29) is 0 Å². The van der Waals surface area contributed by atoms with Crippen LogP contribution in [0.15, 0.2) is 273 Å². The first-order chi connectivity index (χ1) is 34.7. The zero-order valence-electron chi connectivity index (χ0n) is 38.3. The predicted octanol–water partition coefficient (Wildman–Crippen LogP) is 17.9. The second-order valence-corrected chi connectivity index (χ2v) is 19.8. The van der Waals surface area contributed by atoms with E-state index in [1.54, 1.807) is 0 Å². The summed E-state index contributed by atoms with van der Waals surface area (Å²) in [4.78, 5) is 2.55. The van der Waals surface area contributed by atoms with E-state index in [9.17, 15) is 0 Å². The molecule has 11 aromatic carbocycles. The van der Waals surface area contributed by atoms with Gasteiger partial charge in [-0.25, -0.2) is 0 Å². The van der Waals surface area contributed by atoms with E-state index in [1.165, 1.54) is 98.1 Å². The summed E-state index contributed by atoms with van der Waals surface area (Å²) in [6.45, 7) is 0. The number of anilines is 3. The van der Waals surface area contributed by atoms with Gasteiger partial charge in [0.2, 0.25) is 0 Å². The Morgan fingerprint density at radius 1 is 0.286 bits per heavy atom. The molecular weight excluding hydrogens is 863 g/mol. The van der Waals surface area contributed by atoms with Crippen LogP contribution in [-0.2, 0) is 10.8 Å². The van der Waals surface area contributed by atoms with E-state index in [1.807, 2.05) is 11.3 Å². The second kappa shape index (κ2) is 16.0. The molecule has 0 aliphatic heterocycles. The Morgan fingerprint density at radius 2 is 0.771 bits per heavy atom. The smallest absolute Gasteiger partial charge is 0.0714 e. The SMILES string of the molecule is c1ccc(C2(c3ccccc3)c3ccccc3-c3ccc(N(c4cccc(-c5ccc6sc7ccccc7c6c5)c4)c4cccc5c4-c4ccccc4C5(c4ccccc4)c4ccccc4)cc32)cc1. The van der Waals surface area contributed by atoms with Gasteiger partial charge in [0.25, 0.3) is 0 Å². The number of hydrogen-bond acceptors (Lipinski definition) is 2. The van der Waals surface area contributed by atoms with Crippen molar-refractivity contribution in [1.82, 2.24) is 0 Å². The van der Waals surface area contributed by atoms with Crippen molar-refractivity contribution in [2.45, 2.75) is 10.8 Å². The number of benzene rings is 11. The molecular formula is C68H45NS. The summed E-state index contributed by atoms with van der Waals surface area (Å²) in [7, 11) is 0. The highest BCUT2D eigenvalue weighted by Gasteiger charge is 2.49. The van der Waals surface area contributed by atoms with Gasteiger partial charge < -0.3 is 4.90 Å². The van der Waals surface area contributed by atoms with Crippen molar-refractivity contribution in [2.24, 2.45) is 0 Å². The van der Waals surface area contributed by atoms with Gasteiger partial charge in [-0.15, -0.1) is 11.3 Å². The maximum Gasteiger partial charge on any atom is 0.0714 e. The van der Waals surface area contributed by atoms with Gasteiger partial charge in [0.1, 0.15) is 0 Å². The normalized spacial score (nSPS) is 13.7. The molecule has 1 aromatic heterocycles. The molecule has 0 radical (unpaired) electrons. The average molecular weight is 908 g/mol. The van der Waals surface area contributed by atoms with Gasteiger partial charge in [-0.1, -0.05) is 224 Å². The van der Waals surface area contributed by atoms with E-state index >= 15 is 0 Å². The molecule has 0 N–H and O–H groups in total. The molecule has 2 aliphatic carbocycles. The van der Waals surface area contributed by atoms with Gasteiger partial charge in [0.05, 0.1) is 16.5 Å². The Balaban J connectivity index is 1.06. The molecule has 0 amide bonds. The molecule has 0 bridgehead atoms. The van der Waals surface area contributed by atoms with Crippen LogP contribution in [0.25, 0.3) is 53.6 Å². The predicted molar refractivity (Wildman–Crippen MR) is 294 cm³/mol. The molecule has 70 heavy (non-hydrogen) atoms. The van der Waals surface area contributed by atoms with Crippen molar-refractivity contribution in [2.75, 3.05) is 4.90 Å². The first-order valence-electron chi connectivity index (χ1n) is 24.2. The van der Waals surface area contributed by atoms with Gasteiger partial charge in [-0.3, -0.25) is 0 Å². The third kappa shape index (κ3) is 5.84. The lowest BCUT2D eigenvalue weighted by Crippen LogP contribution is -2.29. The number of rotatable bonds is 8. The molecule has 0 saturated carbocycles. The standard InChI is InChI=1S/C68H45NS/c1-5-22-48(23-6-1)67(49-24-7-2-8-25-49)60-35-17-14-33-57(60)66-61(67)36-20-37-63(66)69(52-30-19-21-46(43-52)47-39-42-65-58(44-47)56-32-15-18-38-64(56)70-65)53-40-41-55-54-31-13-16-34-59(54)68(62(55)45-53,50-26-9-3-10-27-50)51-28-11-4-12-29-51/h1-45H. The fourth-order valence-electron chi connectivity index (χ4n) is 12.4. The van der Waals surface area contributed by atoms with E-state index in [0.717, 1.165) is 17.1 Å². The summed E-state index contributed by atoms with van der Waals surface area (Å²) in [6.07, 6.45) is 0. The molecule has 328 valence electrons. The van der Waals surface area contributed by atoms with Crippen molar-refractivity contribution in [1.29, 1.82) is 0 Å². The van der Waals surface area contributed by atoms with Crippen LogP contribution in [0.2, 0.25) is 0 Å². The topological polar surface area (TPSA) is 3.24 Å². The maximum atomic E-state index is 2.55. The Kier molecular flexibility index (Phi) is 9.27. The number of nitrogens with zero attached hydrogens (tertiary/aromatic N) is 1. The zero-order valence-corrected chi connectivity index (χ0v) is 39.2. The van der Waals surface area contributed by atoms with E-state index in [0.29, 0.717) is 0 Å². The van der Waals surface area contributed by atoms with Crippen molar-refractivity contribution in [3.63, 3.8) is 0 Å². The van der Waals surface area contributed by atoms with E-state index < -0.39 is 10.8 Å². The van der Waals surface area contributed by atoms with Gasteiger partial charge in [-0.05, 0) is 121 Å². The molecule has 1 nitrogen and oxygen atoms in total. The first kappa shape index (κ1) is 40.5. The molecule has 0 spiro atoms. The number of hydrogen-bond donors (Lipinski definition) is 0. The lowest BCUT2D eigenvalue weighted by Gasteiger charge is -2.35. The second-order valence-electron chi connectivity index (χ2n) is 18.7. The molecule has 0 unspecified atom stereocenters. The first-order valence-corrected chi connectivity index (χ1v) is 25.1. The van der Waals surface area contributed by atoms with Crippen LogP contribution in [0.3, 0.4) is 0 Å². The van der Waals surface area contributed by atoms with Crippen molar-refractivity contribution in [3.8, 4) is 33.4 Å². The molecule has 12 aromatic rings. The summed E-state index contributed by atoms with van der Waals surface area (Å²) in [5.41, 5.74) is 19.7. The molecule has 0 saturated heterocycles. The summed E-state index contributed by atoms with van der Waals surface area (Å²) in [6, 6.07) is 102. The minimum Gasteiger partial charge on any atom is -0.310 e. The summed E-state index contributed by atoms with van der Waals surface area (Å²) >= 11 is 1.86. The fraction of sp³-hybridized carbons (Fsp3) is 0.0294. The minimum absolute atomic E-state index is 0.550. The Bertz CT molecular complexity index is 3870.